The zero-order valence-electron chi connectivity index (χ0n) is 11.6. The van der Waals surface area contributed by atoms with Gasteiger partial charge in [0, 0.05) is 10.9 Å². The van der Waals surface area contributed by atoms with Gasteiger partial charge in [0.15, 0.2) is 0 Å². The second-order valence-corrected chi connectivity index (χ2v) is 6.05. The number of nitrogens with zero attached hydrogens (tertiary/aromatic N) is 1. The number of rotatable bonds is 4. The van der Waals surface area contributed by atoms with E-state index in [4.69, 9.17) is 9.15 Å². The standard InChI is InChI=1S/C15H15NO4S/c1-10-5-11(6-15(18)19-10)20-12-8-16(9-12)14(17)7-13-3-2-4-21-13/h2-6,12H,7-9H2,1H3. The number of thiophene rings is 1. The van der Waals surface area contributed by atoms with Gasteiger partial charge in [0.2, 0.25) is 5.91 Å². The molecule has 21 heavy (non-hydrogen) atoms. The van der Waals surface area contributed by atoms with E-state index in [0.717, 1.165) is 4.88 Å². The topological polar surface area (TPSA) is 59.8 Å². The molecule has 0 N–H and O–H groups in total. The highest BCUT2D eigenvalue weighted by Crippen LogP contribution is 2.19. The fourth-order valence-electron chi connectivity index (χ4n) is 2.23. The molecular weight excluding hydrogens is 290 g/mol. The summed E-state index contributed by atoms with van der Waals surface area (Å²) in [5, 5.41) is 1.97. The first-order chi connectivity index (χ1) is 10.1. The molecule has 1 amide bonds. The lowest BCUT2D eigenvalue weighted by atomic mass is 10.1. The van der Waals surface area contributed by atoms with E-state index in [1.54, 1.807) is 29.2 Å². The molecule has 0 saturated carbocycles. The minimum absolute atomic E-state index is 0.0570. The maximum Gasteiger partial charge on any atom is 0.339 e. The lowest BCUT2D eigenvalue weighted by molar-refractivity contribution is -0.139. The van der Waals surface area contributed by atoms with Gasteiger partial charge in [-0.25, -0.2) is 4.79 Å². The van der Waals surface area contributed by atoms with E-state index < -0.39 is 5.63 Å². The van der Waals surface area contributed by atoms with Crippen LogP contribution in [0.25, 0.3) is 0 Å². The van der Waals surface area contributed by atoms with Crippen LogP contribution < -0.4 is 10.4 Å². The predicted molar refractivity (Wildman–Crippen MR) is 78.7 cm³/mol. The van der Waals surface area contributed by atoms with Crippen molar-refractivity contribution in [1.82, 2.24) is 4.90 Å². The van der Waals surface area contributed by atoms with Crippen LogP contribution in [0.15, 0.2) is 38.9 Å². The van der Waals surface area contributed by atoms with E-state index in [-0.39, 0.29) is 12.0 Å². The molecule has 6 heteroatoms. The molecule has 1 aliphatic heterocycles. The molecule has 0 aliphatic carbocycles. The summed E-state index contributed by atoms with van der Waals surface area (Å²) in [5.74, 6) is 1.13. The number of aryl methyl sites for hydroxylation is 1. The summed E-state index contributed by atoms with van der Waals surface area (Å²) in [7, 11) is 0. The summed E-state index contributed by atoms with van der Waals surface area (Å²) in [5.41, 5.74) is -0.421. The van der Waals surface area contributed by atoms with Gasteiger partial charge in [-0.15, -0.1) is 11.3 Å². The van der Waals surface area contributed by atoms with Crippen LogP contribution in [0.1, 0.15) is 10.6 Å². The Kier molecular flexibility index (Phi) is 3.79. The summed E-state index contributed by atoms with van der Waals surface area (Å²) < 4.78 is 10.5. The van der Waals surface area contributed by atoms with Crippen molar-refractivity contribution in [2.24, 2.45) is 0 Å². The third-order valence-electron chi connectivity index (χ3n) is 3.28. The lowest BCUT2D eigenvalue weighted by Crippen LogP contribution is -2.56. The largest absolute Gasteiger partial charge is 0.486 e. The van der Waals surface area contributed by atoms with Crippen LogP contribution in [0.5, 0.6) is 5.75 Å². The predicted octanol–water partition coefficient (Wildman–Crippen LogP) is 1.84. The normalized spacial score (nSPS) is 14.8. The van der Waals surface area contributed by atoms with Gasteiger partial charge in [0.05, 0.1) is 25.6 Å². The Balaban J connectivity index is 1.51. The second kappa shape index (κ2) is 5.73. The summed E-state index contributed by atoms with van der Waals surface area (Å²) >= 11 is 1.59. The maximum absolute atomic E-state index is 12.0. The molecule has 0 aromatic carbocycles. The Hall–Kier alpha value is -2.08. The van der Waals surface area contributed by atoms with Crippen molar-refractivity contribution >= 4 is 17.2 Å². The number of amides is 1. The number of likely N-dealkylation sites (tertiary alicyclic amines) is 1. The van der Waals surface area contributed by atoms with Crippen LogP contribution in [-0.4, -0.2) is 30.0 Å². The zero-order valence-corrected chi connectivity index (χ0v) is 12.4. The quantitative estimate of drug-likeness (QED) is 0.865. The van der Waals surface area contributed by atoms with E-state index in [9.17, 15) is 9.59 Å². The van der Waals surface area contributed by atoms with Gasteiger partial charge in [-0.05, 0) is 18.4 Å². The summed E-state index contributed by atoms with van der Waals surface area (Å²) in [6.07, 6.45) is 0.386. The highest BCUT2D eigenvalue weighted by atomic mass is 32.1. The Labute approximate surface area is 125 Å². The number of carbonyl (C=O) groups is 1. The Morgan fingerprint density at radius 3 is 2.95 bits per heavy atom. The Bertz CT molecular complexity index is 686. The molecule has 1 fully saturated rings. The van der Waals surface area contributed by atoms with Crippen molar-refractivity contribution in [1.29, 1.82) is 0 Å². The number of carbonyl (C=O) groups excluding carboxylic acids is 1. The molecular formula is C15H15NO4S. The summed E-state index contributed by atoms with van der Waals surface area (Å²) in [6.45, 7) is 2.82. The Morgan fingerprint density at radius 2 is 2.29 bits per heavy atom. The second-order valence-electron chi connectivity index (χ2n) is 5.02. The van der Waals surface area contributed by atoms with E-state index in [1.807, 2.05) is 17.5 Å². The van der Waals surface area contributed by atoms with Crippen molar-refractivity contribution in [3.05, 3.63) is 50.7 Å². The van der Waals surface area contributed by atoms with Crippen LogP contribution in [0.4, 0.5) is 0 Å². The van der Waals surface area contributed by atoms with Crippen molar-refractivity contribution in [3.8, 4) is 5.75 Å². The molecule has 2 aromatic heterocycles. The third-order valence-corrected chi connectivity index (χ3v) is 4.15. The van der Waals surface area contributed by atoms with Crippen LogP contribution in [0.3, 0.4) is 0 Å². The zero-order chi connectivity index (χ0) is 14.8. The van der Waals surface area contributed by atoms with Gasteiger partial charge in [0.25, 0.3) is 0 Å². The summed E-state index contributed by atoms with van der Waals surface area (Å²) in [6, 6.07) is 6.90. The van der Waals surface area contributed by atoms with Gasteiger partial charge >= 0.3 is 5.63 Å². The molecule has 0 bridgehead atoms. The molecule has 1 aliphatic rings. The van der Waals surface area contributed by atoms with Gasteiger partial charge in [-0.3, -0.25) is 4.79 Å². The van der Waals surface area contributed by atoms with Crippen molar-refractivity contribution in [2.45, 2.75) is 19.4 Å². The van der Waals surface area contributed by atoms with Crippen molar-refractivity contribution in [3.63, 3.8) is 0 Å². The molecule has 0 atom stereocenters. The highest BCUT2D eigenvalue weighted by molar-refractivity contribution is 7.10. The average molecular weight is 305 g/mol. The molecule has 5 nitrogen and oxygen atoms in total. The smallest absolute Gasteiger partial charge is 0.339 e. The molecule has 0 spiro atoms. The van der Waals surface area contributed by atoms with Crippen LogP contribution >= 0.6 is 11.3 Å². The SMILES string of the molecule is Cc1cc(OC2CN(C(=O)Cc3cccs3)C2)cc(=O)o1. The molecule has 3 rings (SSSR count). The number of hydrogen-bond donors (Lipinski definition) is 0. The number of ether oxygens (including phenoxy) is 1. The fraction of sp³-hybridized carbons (Fsp3) is 0.333. The van der Waals surface area contributed by atoms with Gasteiger partial charge in [-0.1, -0.05) is 6.07 Å². The first-order valence-corrected chi connectivity index (χ1v) is 7.57. The van der Waals surface area contributed by atoms with Crippen molar-refractivity contribution in [2.75, 3.05) is 13.1 Å². The van der Waals surface area contributed by atoms with Gasteiger partial charge in [-0.2, -0.15) is 0 Å². The first kappa shape index (κ1) is 13.9. The number of hydrogen-bond acceptors (Lipinski definition) is 5. The highest BCUT2D eigenvalue weighted by Gasteiger charge is 2.32. The van der Waals surface area contributed by atoms with Crippen LogP contribution in [0.2, 0.25) is 0 Å². The minimum atomic E-state index is -0.421. The summed E-state index contributed by atoms with van der Waals surface area (Å²) in [4.78, 5) is 26.1. The third kappa shape index (κ3) is 3.33. The maximum atomic E-state index is 12.0. The lowest BCUT2D eigenvalue weighted by Gasteiger charge is -2.38. The molecule has 0 radical (unpaired) electrons. The van der Waals surface area contributed by atoms with E-state index in [2.05, 4.69) is 0 Å². The molecule has 3 heterocycles. The molecule has 0 unspecified atom stereocenters. The van der Waals surface area contributed by atoms with E-state index in [1.165, 1.54) is 6.07 Å². The van der Waals surface area contributed by atoms with Crippen LogP contribution in [-0.2, 0) is 11.2 Å². The fourth-order valence-corrected chi connectivity index (χ4v) is 2.92. The van der Waals surface area contributed by atoms with Gasteiger partial charge < -0.3 is 14.1 Å². The minimum Gasteiger partial charge on any atom is -0.486 e. The van der Waals surface area contributed by atoms with Crippen LogP contribution in [0, 0.1) is 6.92 Å². The van der Waals surface area contributed by atoms with Gasteiger partial charge in [0.1, 0.15) is 17.6 Å². The van der Waals surface area contributed by atoms with E-state index >= 15 is 0 Å². The van der Waals surface area contributed by atoms with E-state index in [0.29, 0.717) is 31.0 Å². The van der Waals surface area contributed by atoms with Crippen molar-refractivity contribution < 1.29 is 13.9 Å². The Morgan fingerprint density at radius 1 is 1.48 bits per heavy atom. The average Bonchev–Trinajstić information content (AvgIpc) is 2.84. The molecule has 2 aromatic rings. The monoisotopic (exact) mass is 305 g/mol. The molecule has 110 valence electrons. The molecule has 1 saturated heterocycles. The first-order valence-electron chi connectivity index (χ1n) is 6.69.